The van der Waals surface area contributed by atoms with Gasteiger partial charge < -0.3 is 10.1 Å². The molecule has 2 aromatic carbocycles. The lowest BCUT2D eigenvalue weighted by Crippen LogP contribution is -2.36. The largest absolute Gasteiger partial charge is 0.377 e. The average Bonchev–Trinajstić information content (AvgIpc) is 3.10. The number of aromatic amines is 1. The minimum Gasteiger partial charge on any atom is -0.377 e. The molecule has 1 saturated heterocycles. The lowest BCUT2D eigenvalue weighted by atomic mass is 9.77. The maximum Gasteiger partial charge on any atom is 0.120 e. The number of H-pyrrole nitrogens is 1. The van der Waals surface area contributed by atoms with Crippen LogP contribution < -0.4 is 5.32 Å². The highest BCUT2D eigenvalue weighted by Gasteiger charge is 2.41. The molecular weight excluding hydrogens is 288 g/mol. The van der Waals surface area contributed by atoms with Gasteiger partial charge in [-0.1, -0.05) is 35.5 Å². The molecule has 3 heterocycles. The number of aromatic nitrogens is 3. The first-order valence-electron chi connectivity index (χ1n) is 8.18. The number of fused-ring (bicyclic) bond motifs is 5. The molecule has 116 valence electrons. The Morgan fingerprint density at radius 3 is 2.91 bits per heavy atom. The summed E-state index contributed by atoms with van der Waals surface area (Å²) in [7, 11) is 0. The summed E-state index contributed by atoms with van der Waals surface area (Å²) < 4.78 is 6.22. The van der Waals surface area contributed by atoms with E-state index in [0.29, 0.717) is 5.92 Å². The Bertz CT molecular complexity index is 845. The fourth-order valence-corrected chi connectivity index (χ4v) is 4.06. The van der Waals surface area contributed by atoms with Crippen LogP contribution in [0.2, 0.25) is 0 Å². The van der Waals surface area contributed by atoms with Gasteiger partial charge in [-0.3, -0.25) is 5.10 Å². The summed E-state index contributed by atoms with van der Waals surface area (Å²) in [5.74, 6) is 0.418. The SMILES string of the molecule is c1ccc([C@@H]2Nc3ccc4[nH]nnc4c3[C@H]3OCCC[C@H]32)cc1. The van der Waals surface area contributed by atoms with Gasteiger partial charge in [0.2, 0.25) is 0 Å². The van der Waals surface area contributed by atoms with Crippen LogP contribution in [0.15, 0.2) is 42.5 Å². The van der Waals surface area contributed by atoms with Crippen molar-refractivity contribution in [3.8, 4) is 0 Å². The fraction of sp³-hybridized carbons (Fsp3) is 0.333. The standard InChI is InChI=1S/C18H18N4O/c1-2-5-11(6-3-1)16-12-7-4-10-23-18(12)15-13(19-16)8-9-14-17(15)21-22-20-14/h1-3,5-6,8-9,12,16,18-19H,4,7,10H2,(H,20,21,22)/t12-,16-,18-/m0/s1. The lowest BCUT2D eigenvalue weighted by molar-refractivity contribution is -0.0373. The van der Waals surface area contributed by atoms with E-state index < -0.39 is 0 Å². The van der Waals surface area contributed by atoms with E-state index in [4.69, 9.17) is 4.74 Å². The molecule has 1 fully saturated rings. The Morgan fingerprint density at radius 2 is 2.00 bits per heavy atom. The smallest absolute Gasteiger partial charge is 0.120 e. The van der Waals surface area contributed by atoms with Crippen molar-refractivity contribution in [2.24, 2.45) is 5.92 Å². The van der Waals surface area contributed by atoms with Crippen LogP contribution in [-0.2, 0) is 4.74 Å². The number of nitrogens with one attached hydrogen (secondary N) is 2. The van der Waals surface area contributed by atoms with E-state index in [2.05, 4.69) is 57.1 Å². The molecule has 3 aromatic rings. The Labute approximate surface area is 134 Å². The molecule has 3 atom stereocenters. The summed E-state index contributed by atoms with van der Waals surface area (Å²) in [6, 6.07) is 15.1. The molecule has 2 N–H and O–H groups in total. The summed E-state index contributed by atoms with van der Waals surface area (Å²) in [6.45, 7) is 0.816. The zero-order valence-electron chi connectivity index (χ0n) is 12.7. The molecule has 23 heavy (non-hydrogen) atoms. The number of benzene rings is 2. The number of hydrogen-bond donors (Lipinski definition) is 2. The van der Waals surface area contributed by atoms with E-state index in [0.717, 1.165) is 41.7 Å². The van der Waals surface area contributed by atoms with Crippen LogP contribution in [0, 0.1) is 5.92 Å². The monoisotopic (exact) mass is 306 g/mol. The van der Waals surface area contributed by atoms with Crippen LogP contribution in [0.25, 0.3) is 11.0 Å². The summed E-state index contributed by atoms with van der Waals surface area (Å²) >= 11 is 0. The Kier molecular flexibility index (Phi) is 2.88. The van der Waals surface area contributed by atoms with Crippen molar-refractivity contribution < 1.29 is 4.74 Å². The molecule has 0 saturated carbocycles. The van der Waals surface area contributed by atoms with Crippen molar-refractivity contribution in [1.82, 2.24) is 15.4 Å². The Balaban J connectivity index is 1.68. The topological polar surface area (TPSA) is 62.8 Å². The van der Waals surface area contributed by atoms with Gasteiger partial charge in [-0.25, -0.2) is 0 Å². The van der Waals surface area contributed by atoms with Crippen molar-refractivity contribution in [2.75, 3.05) is 11.9 Å². The first-order valence-corrected chi connectivity index (χ1v) is 8.18. The maximum absolute atomic E-state index is 6.22. The highest BCUT2D eigenvalue weighted by molar-refractivity contribution is 5.85. The predicted molar refractivity (Wildman–Crippen MR) is 88.1 cm³/mol. The van der Waals surface area contributed by atoms with Crippen LogP contribution in [0.4, 0.5) is 5.69 Å². The van der Waals surface area contributed by atoms with Crippen LogP contribution in [0.3, 0.4) is 0 Å². The van der Waals surface area contributed by atoms with Crippen molar-refractivity contribution >= 4 is 16.7 Å². The summed E-state index contributed by atoms with van der Waals surface area (Å²) in [4.78, 5) is 0. The summed E-state index contributed by atoms with van der Waals surface area (Å²) in [5, 5.41) is 15.0. The van der Waals surface area contributed by atoms with E-state index in [1.807, 2.05) is 6.07 Å². The molecule has 5 nitrogen and oxygen atoms in total. The minimum absolute atomic E-state index is 0.0824. The van der Waals surface area contributed by atoms with Gasteiger partial charge in [-0.2, -0.15) is 0 Å². The predicted octanol–water partition coefficient (Wildman–Crippen LogP) is 3.59. The average molecular weight is 306 g/mol. The quantitative estimate of drug-likeness (QED) is 0.721. The van der Waals surface area contributed by atoms with Crippen LogP contribution in [0.1, 0.15) is 36.1 Å². The van der Waals surface area contributed by atoms with Gasteiger partial charge in [0, 0.05) is 23.8 Å². The first kappa shape index (κ1) is 13.1. The normalized spacial score (nSPS) is 26.3. The van der Waals surface area contributed by atoms with E-state index in [9.17, 15) is 0 Å². The Hall–Kier alpha value is -2.40. The highest BCUT2D eigenvalue weighted by atomic mass is 16.5. The van der Waals surface area contributed by atoms with E-state index in [1.165, 1.54) is 5.56 Å². The van der Waals surface area contributed by atoms with Crippen LogP contribution >= 0.6 is 0 Å². The van der Waals surface area contributed by atoms with Crippen molar-refractivity contribution in [3.63, 3.8) is 0 Å². The van der Waals surface area contributed by atoms with Crippen LogP contribution in [-0.4, -0.2) is 22.0 Å². The molecule has 1 aromatic heterocycles. The number of rotatable bonds is 1. The number of nitrogens with zero attached hydrogens (tertiary/aromatic N) is 2. The first-order chi connectivity index (χ1) is 11.4. The molecule has 0 bridgehead atoms. The molecule has 0 amide bonds. The molecule has 0 radical (unpaired) electrons. The van der Waals surface area contributed by atoms with E-state index in [-0.39, 0.29) is 12.1 Å². The van der Waals surface area contributed by atoms with E-state index >= 15 is 0 Å². The van der Waals surface area contributed by atoms with Crippen molar-refractivity contribution in [3.05, 3.63) is 53.6 Å². The lowest BCUT2D eigenvalue weighted by Gasteiger charge is -2.43. The zero-order chi connectivity index (χ0) is 15.2. The van der Waals surface area contributed by atoms with Gasteiger partial charge in [0.05, 0.1) is 17.7 Å². The van der Waals surface area contributed by atoms with Gasteiger partial charge in [-0.05, 0) is 30.5 Å². The molecule has 2 aliphatic rings. The van der Waals surface area contributed by atoms with E-state index in [1.54, 1.807) is 0 Å². The van der Waals surface area contributed by atoms with Crippen molar-refractivity contribution in [1.29, 1.82) is 0 Å². The second-order valence-corrected chi connectivity index (χ2v) is 6.36. The molecular formula is C18H18N4O. The number of hydrogen-bond acceptors (Lipinski definition) is 4. The molecule has 2 aliphatic heterocycles. The molecule has 5 rings (SSSR count). The third-order valence-electron chi connectivity index (χ3n) is 5.09. The molecule has 0 unspecified atom stereocenters. The van der Waals surface area contributed by atoms with Gasteiger partial charge in [0.15, 0.2) is 0 Å². The van der Waals surface area contributed by atoms with Crippen molar-refractivity contribution in [2.45, 2.75) is 25.0 Å². The third kappa shape index (κ3) is 1.96. The van der Waals surface area contributed by atoms with Crippen LogP contribution in [0.5, 0.6) is 0 Å². The zero-order valence-corrected chi connectivity index (χ0v) is 12.7. The third-order valence-corrected chi connectivity index (χ3v) is 5.09. The maximum atomic E-state index is 6.22. The Morgan fingerprint density at radius 1 is 1.09 bits per heavy atom. The number of ether oxygens (including phenoxy) is 1. The molecule has 0 spiro atoms. The fourth-order valence-electron chi connectivity index (χ4n) is 4.06. The van der Waals surface area contributed by atoms with Gasteiger partial charge in [0.1, 0.15) is 5.52 Å². The van der Waals surface area contributed by atoms with Gasteiger partial charge >= 0.3 is 0 Å². The molecule has 0 aliphatic carbocycles. The second kappa shape index (κ2) is 5.06. The second-order valence-electron chi connectivity index (χ2n) is 6.36. The molecule has 5 heteroatoms. The summed E-state index contributed by atoms with van der Waals surface area (Å²) in [5.41, 5.74) is 5.49. The van der Waals surface area contributed by atoms with Gasteiger partial charge in [0.25, 0.3) is 0 Å². The highest BCUT2D eigenvalue weighted by Crippen LogP contribution is 2.50. The minimum atomic E-state index is 0.0824. The number of anilines is 1. The summed E-state index contributed by atoms with van der Waals surface area (Å²) in [6.07, 6.45) is 2.35. The van der Waals surface area contributed by atoms with Gasteiger partial charge in [-0.15, -0.1) is 5.10 Å².